The van der Waals surface area contributed by atoms with Crippen LogP contribution in [0.4, 0.5) is 5.69 Å². The van der Waals surface area contributed by atoms with E-state index < -0.39 is 11.6 Å². The van der Waals surface area contributed by atoms with Crippen molar-refractivity contribution in [2.24, 2.45) is 5.92 Å². The Balaban J connectivity index is 1.36. The number of hydrogen-bond donors (Lipinski definition) is 1. The number of rotatable bonds is 7. The molecule has 1 saturated heterocycles. The number of nitrogens with zero attached hydrogens (tertiary/aromatic N) is 2. The van der Waals surface area contributed by atoms with Crippen molar-refractivity contribution in [1.29, 1.82) is 0 Å². The van der Waals surface area contributed by atoms with E-state index in [0.717, 1.165) is 47.4 Å². The van der Waals surface area contributed by atoms with Gasteiger partial charge in [0, 0.05) is 40.7 Å². The van der Waals surface area contributed by atoms with E-state index >= 15 is 0 Å². The van der Waals surface area contributed by atoms with Crippen LogP contribution in [0, 0.1) is 12.8 Å². The average molecular weight is 566 g/mol. The Hall–Kier alpha value is -4.43. The highest BCUT2D eigenvalue weighted by molar-refractivity contribution is 5.96. The molecule has 8 nitrogen and oxygen atoms in total. The minimum absolute atomic E-state index is 0.113. The molecule has 0 aliphatic carbocycles. The number of para-hydroxylation sites is 1. The zero-order chi connectivity index (χ0) is 29.6. The molecule has 0 spiro atoms. The summed E-state index contributed by atoms with van der Waals surface area (Å²) >= 11 is 0. The molecule has 1 atom stereocenters. The summed E-state index contributed by atoms with van der Waals surface area (Å²) in [7, 11) is 0. The first-order valence-electron chi connectivity index (χ1n) is 14.3. The van der Waals surface area contributed by atoms with E-state index in [4.69, 9.17) is 13.9 Å². The molecule has 42 heavy (non-hydrogen) atoms. The Morgan fingerprint density at radius 3 is 2.64 bits per heavy atom. The second-order valence-electron chi connectivity index (χ2n) is 12.1. The van der Waals surface area contributed by atoms with Crippen molar-refractivity contribution in [3.63, 3.8) is 0 Å². The molecule has 1 fully saturated rings. The highest BCUT2D eigenvalue weighted by atomic mass is 16.6. The van der Waals surface area contributed by atoms with Crippen molar-refractivity contribution in [2.75, 3.05) is 18.5 Å². The highest BCUT2D eigenvalue weighted by Crippen LogP contribution is 2.33. The summed E-state index contributed by atoms with van der Waals surface area (Å²) in [5, 5.41) is 9.53. The molecular formula is C34H35N3O5. The number of esters is 1. The van der Waals surface area contributed by atoms with Crippen molar-refractivity contribution in [1.82, 2.24) is 9.78 Å². The quantitative estimate of drug-likeness (QED) is 0.215. The van der Waals surface area contributed by atoms with Crippen molar-refractivity contribution < 1.29 is 18.7 Å². The smallest absolute Gasteiger partial charge is 0.340 e. The molecule has 2 aromatic heterocycles. The number of hydrogen-bond acceptors (Lipinski definition) is 7. The van der Waals surface area contributed by atoms with E-state index in [0.29, 0.717) is 33.9 Å². The van der Waals surface area contributed by atoms with Gasteiger partial charge < -0.3 is 19.2 Å². The summed E-state index contributed by atoms with van der Waals surface area (Å²) in [5.74, 6) is 0.571. The summed E-state index contributed by atoms with van der Waals surface area (Å²) in [6, 6.07) is 18.4. The van der Waals surface area contributed by atoms with Crippen LogP contribution in [-0.2, 0) is 16.0 Å². The number of carbonyl (C=O) groups excluding carboxylic acids is 1. The molecule has 8 heteroatoms. The third kappa shape index (κ3) is 5.54. The predicted octanol–water partition coefficient (Wildman–Crippen LogP) is 6.89. The number of aryl methyl sites for hydroxylation is 1. The topological polar surface area (TPSA) is 95.6 Å². The number of fused-ring (bicyclic) bond motifs is 2. The summed E-state index contributed by atoms with van der Waals surface area (Å²) in [4.78, 5) is 26.3. The van der Waals surface area contributed by atoms with Crippen LogP contribution in [0.3, 0.4) is 0 Å². The molecule has 0 radical (unpaired) electrons. The van der Waals surface area contributed by atoms with Gasteiger partial charge in [-0.05, 0) is 76.6 Å². The molecule has 216 valence electrons. The Bertz CT molecular complexity index is 1860. The van der Waals surface area contributed by atoms with Crippen LogP contribution in [0.15, 0.2) is 76.1 Å². The minimum atomic E-state index is -0.615. The van der Waals surface area contributed by atoms with E-state index in [9.17, 15) is 9.59 Å². The molecule has 3 aromatic carbocycles. The van der Waals surface area contributed by atoms with Gasteiger partial charge in [0.25, 0.3) is 0 Å². The normalized spacial score (nSPS) is 14.6. The maximum Gasteiger partial charge on any atom is 0.340 e. The van der Waals surface area contributed by atoms with E-state index in [2.05, 4.69) is 10.4 Å². The lowest BCUT2D eigenvalue weighted by Gasteiger charge is -2.25. The summed E-state index contributed by atoms with van der Waals surface area (Å²) < 4.78 is 19.4. The molecule has 0 bridgehead atoms. The first-order valence-corrected chi connectivity index (χ1v) is 14.3. The lowest BCUT2D eigenvalue weighted by molar-refractivity contribution is -0.0403. The van der Waals surface area contributed by atoms with Gasteiger partial charge in [-0.3, -0.25) is 9.48 Å². The predicted molar refractivity (Wildman–Crippen MR) is 164 cm³/mol. The second-order valence-corrected chi connectivity index (χ2v) is 12.1. The van der Waals surface area contributed by atoms with Gasteiger partial charge in [-0.15, -0.1) is 0 Å². The Morgan fingerprint density at radius 1 is 1.12 bits per heavy atom. The van der Waals surface area contributed by atoms with Crippen LogP contribution in [-0.4, -0.2) is 34.6 Å². The number of anilines is 1. The van der Waals surface area contributed by atoms with Gasteiger partial charge in [-0.1, -0.05) is 18.2 Å². The highest BCUT2D eigenvalue weighted by Gasteiger charge is 2.23. The van der Waals surface area contributed by atoms with Crippen LogP contribution in [0.25, 0.3) is 33.2 Å². The Kier molecular flexibility index (Phi) is 7.10. The van der Waals surface area contributed by atoms with Gasteiger partial charge in [0.05, 0.1) is 41.9 Å². The van der Waals surface area contributed by atoms with E-state index in [1.54, 1.807) is 12.1 Å². The first-order chi connectivity index (χ1) is 20.1. The number of benzene rings is 3. The van der Waals surface area contributed by atoms with Crippen LogP contribution >= 0.6 is 0 Å². The van der Waals surface area contributed by atoms with Crippen molar-refractivity contribution in [3.05, 3.63) is 93.8 Å². The summed E-state index contributed by atoms with van der Waals surface area (Å²) in [6.45, 7) is 11.8. The molecule has 1 unspecified atom stereocenters. The molecule has 3 heterocycles. The standard InChI is InChI=1S/C34H35N3O5/c1-20-12-26(21(2)36-28-9-7-6-8-25(28)33(39)42-34(3,4)5)32-27(13-20)30(38)15-31(41-32)23-10-11-29-24(14-23)16-35-37(29)17-22-18-40-19-22/h6-16,21-22,36H,17-19H2,1-5H3. The molecule has 1 aliphatic rings. The molecular weight excluding hydrogens is 530 g/mol. The van der Waals surface area contributed by atoms with Crippen LogP contribution < -0.4 is 10.7 Å². The fraction of sp³-hybridized carbons (Fsp3) is 0.324. The molecule has 1 aliphatic heterocycles. The van der Waals surface area contributed by atoms with Gasteiger partial charge in [0.2, 0.25) is 0 Å². The number of nitrogens with one attached hydrogen (secondary N) is 1. The fourth-order valence-electron chi connectivity index (χ4n) is 5.35. The van der Waals surface area contributed by atoms with Gasteiger partial charge in [-0.2, -0.15) is 5.10 Å². The minimum Gasteiger partial charge on any atom is -0.456 e. The van der Waals surface area contributed by atoms with Crippen molar-refractivity contribution >= 4 is 33.5 Å². The van der Waals surface area contributed by atoms with E-state index in [1.165, 1.54) is 0 Å². The maximum absolute atomic E-state index is 13.4. The van der Waals surface area contributed by atoms with Crippen LogP contribution in [0.2, 0.25) is 0 Å². The second kappa shape index (κ2) is 10.8. The zero-order valence-electron chi connectivity index (χ0n) is 24.6. The van der Waals surface area contributed by atoms with Crippen molar-refractivity contribution in [2.45, 2.75) is 52.8 Å². The molecule has 0 saturated carbocycles. The molecule has 0 amide bonds. The van der Waals surface area contributed by atoms with Gasteiger partial charge in [-0.25, -0.2) is 4.79 Å². The van der Waals surface area contributed by atoms with Gasteiger partial charge >= 0.3 is 5.97 Å². The lowest BCUT2D eigenvalue weighted by Crippen LogP contribution is -2.31. The summed E-state index contributed by atoms with van der Waals surface area (Å²) in [6.07, 6.45) is 1.85. The van der Waals surface area contributed by atoms with Gasteiger partial charge in [0.15, 0.2) is 5.43 Å². The molecule has 6 rings (SSSR count). The first kappa shape index (κ1) is 27.7. The van der Waals surface area contributed by atoms with Crippen molar-refractivity contribution in [3.8, 4) is 11.3 Å². The monoisotopic (exact) mass is 565 g/mol. The number of carbonyl (C=O) groups is 1. The van der Waals surface area contributed by atoms with E-state index in [-0.39, 0.29) is 11.5 Å². The lowest BCUT2D eigenvalue weighted by atomic mass is 10.00. The Labute approximate surface area is 244 Å². The maximum atomic E-state index is 13.4. The zero-order valence-corrected chi connectivity index (χ0v) is 24.6. The molecule has 5 aromatic rings. The number of aromatic nitrogens is 2. The largest absolute Gasteiger partial charge is 0.456 e. The van der Waals surface area contributed by atoms with E-state index in [1.807, 2.05) is 94.0 Å². The third-order valence-corrected chi connectivity index (χ3v) is 7.45. The van der Waals surface area contributed by atoms with Crippen LogP contribution in [0.5, 0.6) is 0 Å². The Morgan fingerprint density at radius 2 is 1.90 bits per heavy atom. The summed E-state index contributed by atoms with van der Waals surface area (Å²) in [5.41, 5.74) is 4.46. The average Bonchev–Trinajstić information content (AvgIpc) is 3.32. The molecule has 1 N–H and O–H groups in total. The fourth-order valence-corrected chi connectivity index (χ4v) is 5.35. The number of ether oxygens (including phenoxy) is 2. The van der Waals surface area contributed by atoms with Crippen LogP contribution in [0.1, 0.15) is 55.2 Å². The third-order valence-electron chi connectivity index (χ3n) is 7.45. The van der Waals surface area contributed by atoms with Gasteiger partial charge in [0.1, 0.15) is 16.9 Å². The SMILES string of the molecule is Cc1cc(C(C)Nc2ccccc2C(=O)OC(C)(C)C)c2oc(-c3ccc4c(cnn4CC4COC4)c3)cc(=O)c2c1.